The number of nitrogens with one attached hydrogen (secondary N) is 3. The largest absolute Gasteiger partial charge is 0.474 e. The fourth-order valence-corrected chi connectivity index (χ4v) is 5.36. The van der Waals surface area contributed by atoms with Crippen molar-refractivity contribution in [2.75, 3.05) is 30.7 Å². The predicted molar refractivity (Wildman–Crippen MR) is 137 cm³/mol. The average Bonchev–Trinajstić information content (AvgIpc) is 3.18. The lowest BCUT2D eigenvalue weighted by Crippen LogP contribution is -2.41. The third-order valence-electron chi connectivity index (χ3n) is 7.55. The minimum Gasteiger partial charge on any atom is -0.474 e. The van der Waals surface area contributed by atoms with Gasteiger partial charge in [0, 0.05) is 18.8 Å². The second-order valence-corrected chi connectivity index (χ2v) is 10.00. The number of fused-ring (bicyclic) bond motifs is 1. The number of unbranched alkanes of at least 4 members (excludes halogenated alkanes) is 1. The van der Waals surface area contributed by atoms with E-state index in [0.29, 0.717) is 35.0 Å². The van der Waals surface area contributed by atoms with E-state index >= 15 is 0 Å². The third kappa shape index (κ3) is 5.27. The summed E-state index contributed by atoms with van der Waals surface area (Å²) in [4.78, 5) is 28.8. The van der Waals surface area contributed by atoms with Crippen LogP contribution in [0.15, 0.2) is 23.1 Å². The number of pyridine rings is 1. The van der Waals surface area contributed by atoms with Crippen molar-refractivity contribution in [3.8, 4) is 5.88 Å². The van der Waals surface area contributed by atoms with Gasteiger partial charge in [0.05, 0.1) is 6.54 Å². The van der Waals surface area contributed by atoms with Gasteiger partial charge >= 0.3 is 5.69 Å². The topological polar surface area (TPSA) is 136 Å². The smallest absolute Gasteiger partial charge is 0.328 e. The molecule has 0 atom stereocenters. The molecule has 0 amide bonds. The summed E-state index contributed by atoms with van der Waals surface area (Å²) in [5.74, 6) is 1.32. The normalized spacial score (nSPS) is 18.2. The molecule has 0 unspecified atom stereocenters. The van der Waals surface area contributed by atoms with Gasteiger partial charge in [0.1, 0.15) is 11.6 Å². The quantitative estimate of drug-likeness (QED) is 0.361. The van der Waals surface area contributed by atoms with E-state index in [1.807, 2.05) is 12.1 Å². The van der Waals surface area contributed by atoms with Crippen molar-refractivity contribution < 1.29 is 4.74 Å². The number of piperidine rings is 1. The summed E-state index contributed by atoms with van der Waals surface area (Å²) < 4.78 is 7.77. The summed E-state index contributed by atoms with van der Waals surface area (Å²) in [5, 5.41) is 6.66. The van der Waals surface area contributed by atoms with Gasteiger partial charge in [0.15, 0.2) is 11.5 Å². The molecular formula is C25H36N8O2. The van der Waals surface area contributed by atoms with Crippen LogP contribution in [0.25, 0.3) is 11.2 Å². The van der Waals surface area contributed by atoms with Crippen molar-refractivity contribution in [3.05, 3.63) is 34.4 Å². The van der Waals surface area contributed by atoms with E-state index in [4.69, 9.17) is 10.5 Å². The first-order valence-electron chi connectivity index (χ1n) is 12.9. The molecule has 35 heavy (non-hydrogen) atoms. The van der Waals surface area contributed by atoms with Crippen molar-refractivity contribution in [3.63, 3.8) is 0 Å². The lowest BCUT2D eigenvalue weighted by atomic mass is 9.68. The van der Waals surface area contributed by atoms with Gasteiger partial charge in [-0.25, -0.2) is 9.78 Å². The maximum atomic E-state index is 12.6. The molecule has 5 rings (SSSR count). The molecule has 1 saturated heterocycles. The Balaban J connectivity index is 1.24. The van der Waals surface area contributed by atoms with Crippen molar-refractivity contribution in [2.24, 2.45) is 5.41 Å². The van der Waals surface area contributed by atoms with Crippen molar-refractivity contribution in [1.82, 2.24) is 29.8 Å². The van der Waals surface area contributed by atoms with Crippen LogP contribution in [0.2, 0.25) is 0 Å². The summed E-state index contributed by atoms with van der Waals surface area (Å²) in [5.41, 5.74) is 8.15. The first-order chi connectivity index (χ1) is 17.0. The fraction of sp³-hybridized carbons (Fsp3) is 0.600. The number of ether oxygens (including phenoxy) is 1. The monoisotopic (exact) mass is 480 g/mol. The van der Waals surface area contributed by atoms with Gasteiger partial charge in [-0.05, 0) is 69.0 Å². The van der Waals surface area contributed by atoms with E-state index in [-0.39, 0.29) is 17.6 Å². The van der Waals surface area contributed by atoms with Crippen LogP contribution in [0.3, 0.4) is 0 Å². The standard InChI is InChI=1S/C25H36N8O2/c1-2-3-12-28-23-31-21(26)20-22(32-23)33(24(34)30-20)16-17-4-5-19(29-15-17)35-18-6-8-25(9-7-18)10-13-27-14-11-25/h4-5,15,18,27H,2-3,6-14,16H2,1H3,(H,30,34)(H3,26,28,31,32). The zero-order valence-electron chi connectivity index (χ0n) is 20.5. The highest BCUT2D eigenvalue weighted by Gasteiger charge is 2.36. The highest BCUT2D eigenvalue weighted by Crippen LogP contribution is 2.43. The molecule has 4 heterocycles. The van der Waals surface area contributed by atoms with Crippen LogP contribution in [0, 0.1) is 5.41 Å². The van der Waals surface area contributed by atoms with Crippen molar-refractivity contribution in [1.29, 1.82) is 0 Å². The zero-order chi connectivity index (χ0) is 24.3. The lowest BCUT2D eigenvalue weighted by molar-refractivity contribution is 0.0548. The Labute approximate surface area is 205 Å². The molecule has 188 valence electrons. The molecule has 3 aromatic rings. The van der Waals surface area contributed by atoms with E-state index in [1.165, 1.54) is 25.7 Å². The van der Waals surface area contributed by atoms with E-state index in [2.05, 4.69) is 37.5 Å². The van der Waals surface area contributed by atoms with Crippen LogP contribution in [-0.2, 0) is 6.54 Å². The number of anilines is 2. The fourth-order valence-electron chi connectivity index (χ4n) is 5.36. The highest BCUT2D eigenvalue weighted by molar-refractivity contribution is 5.82. The van der Waals surface area contributed by atoms with Crippen LogP contribution < -0.4 is 26.8 Å². The first kappa shape index (κ1) is 23.6. The molecular weight excluding hydrogens is 444 g/mol. The van der Waals surface area contributed by atoms with Gasteiger partial charge in [-0.2, -0.15) is 9.97 Å². The van der Waals surface area contributed by atoms with E-state index in [0.717, 1.165) is 50.9 Å². The van der Waals surface area contributed by atoms with Gasteiger partial charge < -0.3 is 26.1 Å². The Kier molecular flexibility index (Phi) is 6.90. The Morgan fingerprint density at radius 2 is 2.00 bits per heavy atom. The molecule has 5 N–H and O–H groups in total. The molecule has 1 aliphatic carbocycles. The molecule has 10 nitrogen and oxygen atoms in total. The molecule has 1 spiro atoms. The number of H-pyrrole nitrogens is 1. The molecule has 3 aromatic heterocycles. The minimum atomic E-state index is -0.277. The summed E-state index contributed by atoms with van der Waals surface area (Å²) in [6, 6.07) is 3.85. The highest BCUT2D eigenvalue weighted by atomic mass is 16.5. The van der Waals surface area contributed by atoms with Crippen LogP contribution in [0.4, 0.5) is 11.8 Å². The van der Waals surface area contributed by atoms with Crippen LogP contribution in [-0.4, -0.2) is 50.2 Å². The SMILES string of the molecule is CCCCNc1nc(N)c2[nH]c(=O)n(Cc3ccc(OC4CCC5(CCNCC5)CC4)nc3)c2n1. The second-order valence-electron chi connectivity index (χ2n) is 10.00. The van der Waals surface area contributed by atoms with Crippen LogP contribution in [0.1, 0.15) is 63.9 Å². The number of aromatic amines is 1. The Morgan fingerprint density at radius 1 is 1.20 bits per heavy atom. The second kappa shape index (κ2) is 10.2. The predicted octanol–water partition coefficient (Wildman–Crippen LogP) is 3.05. The Bertz CT molecular complexity index is 1190. The van der Waals surface area contributed by atoms with E-state index in [1.54, 1.807) is 10.8 Å². The summed E-state index contributed by atoms with van der Waals surface area (Å²) in [6.07, 6.45) is 11.3. The number of aromatic nitrogens is 5. The third-order valence-corrected chi connectivity index (χ3v) is 7.55. The first-order valence-corrected chi connectivity index (χ1v) is 12.9. The number of nitrogens with zero attached hydrogens (tertiary/aromatic N) is 4. The molecule has 2 fully saturated rings. The van der Waals surface area contributed by atoms with Crippen LogP contribution in [0.5, 0.6) is 5.88 Å². The van der Waals surface area contributed by atoms with Gasteiger partial charge in [-0.1, -0.05) is 19.4 Å². The van der Waals surface area contributed by atoms with Gasteiger partial charge in [-0.3, -0.25) is 4.57 Å². The Morgan fingerprint density at radius 3 is 2.71 bits per heavy atom. The van der Waals surface area contributed by atoms with Crippen LogP contribution >= 0.6 is 0 Å². The maximum absolute atomic E-state index is 12.6. The molecule has 0 bridgehead atoms. The number of hydrogen-bond donors (Lipinski definition) is 4. The van der Waals surface area contributed by atoms with Crippen molar-refractivity contribution >= 4 is 22.9 Å². The number of rotatable bonds is 8. The number of nitrogens with two attached hydrogens (primary N) is 1. The molecule has 1 aliphatic heterocycles. The molecule has 1 saturated carbocycles. The Hall–Kier alpha value is -3.14. The minimum absolute atomic E-state index is 0.225. The van der Waals surface area contributed by atoms with Gasteiger partial charge in [-0.15, -0.1) is 0 Å². The number of nitrogen functional groups attached to an aromatic ring is 1. The summed E-state index contributed by atoms with van der Waals surface area (Å²) in [6.45, 7) is 5.48. The molecule has 10 heteroatoms. The number of hydrogen-bond acceptors (Lipinski definition) is 8. The molecule has 0 aromatic carbocycles. The summed E-state index contributed by atoms with van der Waals surface area (Å²) >= 11 is 0. The van der Waals surface area contributed by atoms with Gasteiger partial charge in [0.25, 0.3) is 0 Å². The van der Waals surface area contributed by atoms with E-state index < -0.39 is 0 Å². The lowest BCUT2D eigenvalue weighted by Gasteiger charge is -2.42. The maximum Gasteiger partial charge on any atom is 0.328 e. The van der Waals surface area contributed by atoms with Crippen molar-refractivity contribution in [2.45, 2.75) is 70.9 Å². The average molecular weight is 481 g/mol. The van der Waals surface area contributed by atoms with Gasteiger partial charge in [0.2, 0.25) is 11.8 Å². The summed E-state index contributed by atoms with van der Waals surface area (Å²) in [7, 11) is 0. The molecule has 2 aliphatic rings. The molecule has 0 radical (unpaired) electrons. The number of imidazole rings is 1. The zero-order valence-corrected chi connectivity index (χ0v) is 20.5. The van der Waals surface area contributed by atoms with E-state index in [9.17, 15) is 4.79 Å².